The van der Waals surface area contributed by atoms with Crippen molar-refractivity contribution in [2.75, 3.05) is 42.6 Å². The van der Waals surface area contributed by atoms with Crippen LogP contribution in [0, 0.1) is 28.6 Å². The average Bonchev–Trinajstić information content (AvgIpc) is 3.12. The first-order valence-electron chi connectivity index (χ1n) is 12.2. The zero-order chi connectivity index (χ0) is 24.6. The summed E-state index contributed by atoms with van der Waals surface area (Å²) in [5.74, 6) is 2.42. The summed E-state index contributed by atoms with van der Waals surface area (Å²) < 4.78 is 5.96. The summed E-state index contributed by atoms with van der Waals surface area (Å²) in [4.78, 5) is 19.1. The largest absolute Gasteiger partial charge is 0.390 e. The van der Waals surface area contributed by atoms with Gasteiger partial charge in [0.15, 0.2) is 5.82 Å². The lowest BCUT2D eigenvalue weighted by Crippen LogP contribution is -2.47. The molecule has 0 unspecified atom stereocenters. The Kier molecular flexibility index (Phi) is 7.09. The fraction of sp³-hybridized carbons (Fsp3) is 0.600. The molecule has 35 heavy (non-hydrogen) atoms. The van der Waals surface area contributed by atoms with E-state index in [1.807, 2.05) is 6.07 Å². The number of ether oxygens (including phenoxy) is 1. The van der Waals surface area contributed by atoms with Crippen molar-refractivity contribution in [3.8, 4) is 6.07 Å². The molecule has 0 saturated carbocycles. The molecule has 0 radical (unpaired) electrons. The summed E-state index contributed by atoms with van der Waals surface area (Å²) in [7, 11) is 0. The zero-order valence-electron chi connectivity index (χ0n) is 20.2. The summed E-state index contributed by atoms with van der Waals surface area (Å²) >= 11 is 8.11. The minimum Gasteiger partial charge on any atom is -0.390 e. The molecule has 10 heteroatoms. The summed E-state index contributed by atoms with van der Waals surface area (Å²) in [5, 5.41) is 20.2. The zero-order valence-corrected chi connectivity index (χ0v) is 21.7. The second-order valence-corrected chi connectivity index (χ2v) is 11.4. The smallest absolute Gasteiger partial charge is 0.152 e. The highest BCUT2D eigenvalue weighted by molar-refractivity contribution is 7.99. The number of anilines is 2. The lowest BCUT2D eigenvalue weighted by molar-refractivity contribution is 0.0969. The number of aliphatic hydroxyl groups excluding tert-OH is 1. The molecule has 0 aliphatic carbocycles. The number of rotatable bonds is 6. The van der Waals surface area contributed by atoms with E-state index in [0.29, 0.717) is 40.1 Å². The van der Waals surface area contributed by atoms with Gasteiger partial charge in [-0.1, -0.05) is 30.3 Å². The van der Waals surface area contributed by atoms with E-state index in [0.717, 1.165) is 62.2 Å². The Morgan fingerprint density at radius 2 is 2.00 bits per heavy atom. The summed E-state index contributed by atoms with van der Waals surface area (Å²) in [6.45, 7) is 8.50. The van der Waals surface area contributed by atoms with Crippen LogP contribution in [0.25, 0.3) is 0 Å². The second kappa shape index (κ2) is 10.1. The Labute approximate surface area is 215 Å². The minimum atomic E-state index is -0.168. The van der Waals surface area contributed by atoms with E-state index in [1.165, 1.54) is 11.8 Å². The fourth-order valence-electron chi connectivity index (χ4n) is 5.49. The van der Waals surface area contributed by atoms with Crippen molar-refractivity contribution >= 4 is 35.0 Å². The summed E-state index contributed by atoms with van der Waals surface area (Å²) in [6.07, 6.45) is 6.49. The molecular formula is C25H31ClN6O2S. The molecule has 2 atom stereocenters. The van der Waals surface area contributed by atoms with Crippen LogP contribution in [0.4, 0.5) is 11.6 Å². The van der Waals surface area contributed by atoms with E-state index in [1.54, 1.807) is 12.4 Å². The van der Waals surface area contributed by atoms with Gasteiger partial charge in [-0.25, -0.2) is 15.0 Å². The fourth-order valence-corrected chi connectivity index (χ4v) is 6.63. The molecule has 0 aromatic carbocycles. The first-order valence-corrected chi connectivity index (χ1v) is 13.4. The van der Waals surface area contributed by atoms with Crippen molar-refractivity contribution in [1.82, 2.24) is 15.0 Å². The third kappa shape index (κ3) is 4.69. The van der Waals surface area contributed by atoms with Crippen LogP contribution in [0.5, 0.6) is 0 Å². The van der Waals surface area contributed by atoms with Crippen LogP contribution in [-0.4, -0.2) is 58.9 Å². The monoisotopic (exact) mass is 514 g/mol. The molecule has 3 saturated heterocycles. The quantitative estimate of drug-likeness (QED) is 0.609. The molecule has 3 fully saturated rings. The molecule has 1 N–H and O–H groups in total. The van der Waals surface area contributed by atoms with Crippen molar-refractivity contribution in [3.63, 3.8) is 0 Å². The minimum absolute atomic E-state index is 0.168. The first kappa shape index (κ1) is 24.6. The highest BCUT2D eigenvalue weighted by atomic mass is 35.5. The number of aromatic nitrogens is 3. The standard InChI is InChI=1S/C25H31ClN6O2S/c1-16-17(2)34-15-25(16)5-9-31(10-6-25)23-19(14-33)30-21(11-29-23)35-20-4-8-28-24(22(20)26)32-12-18(13-32)3-7-27/h4,8,11,16-18,33H,3,5-6,9-10,12-15H2,1-2H3/t16-,17+/m1/s1. The highest BCUT2D eigenvalue weighted by Gasteiger charge is 2.47. The number of nitrogens with zero attached hydrogens (tertiary/aromatic N) is 6. The number of piperidine rings is 1. The van der Waals surface area contributed by atoms with Crippen molar-refractivity contribution in [3.05, 3.63) is 29.2 Å². The van der Waals surface area contributed by atoms with E-state index < -0.39 is 0 Å². The van der Waals surface area contributed by atoms with E-state index in [4.69, 9.17) is 31.6 Å². The Morgan fingerprint density at radius 1 is 1.23 bits per heavy atom. The molecule has 1 spiro atoms. The predicted octanol–water partition coefficient (Wildman–Crippen LogP) is 4.16. The van der Waals surface area contributed by atoms with Gasteiger partial charge >= 0.3 is 0 Å². The van der Waals surface area contributed by atoms with Crippen LogP contribution >= 0.6 is 23.4 Å². The van der Waals surface area contributed by atoms with Crippen molar-refractivity contribution in [2.24, 2.45) is 17.3 Å². The van der Waals surface area contributed by atoms with Crippen molar-refractivity contribution < 1.29 is 9.84 Å². The lowest BCUT2D eigenvalue weighted by atomic mass is 9.70. The molecule has 0 bridgehead atoms. The number of hydrogen-bond acceptors (Lipinski definition) is 9. The average molecular weight is 515 g/mol. The molecule has 8 nitrogen and oxygen atoms in total. The Balaban J connectivity index is 1.28. The molecule has 5 heterocycles. The molecule has 2 aromatic rings. The van der Waals surface area contributed by atoms with Gasteiger partial charge in [0.05, 0.1) is 36.6 Å². The van der Waals surface area contributed by atoms with Gasteiger partial charge in [-0.3, -0.25) is 0 Å². The van der Waals surface area contributed by atoms with Gasteiger partial charge in [0, 0.05) is 55.0 Å². The maximum Gasteiger partial charge on any atom is 0.152 e. The van der Waals surface area contributed by atoms with E-state index in [2.05, 4.69) is 34.7 Å². The van der Waals surface area contributed by atoms with E-state index in [-0.39, 0.29) is 12.0 Å². The topological polar surface area (TPSA) is 98.4 Å². The highest BCUT2D eigenvalue weighted by Crippen LogP contribution is 2.47. The third-order valence-electron chi connectivity index (χ3n) is 8.00. The molecule has 3 aliphatic heterocycles. The van der Waals surface area contributed by atoms with Gasteiger partial charge in [-0.2, -0.15) is 5.26 Å². The van der Waals surface area contributed by atoms with E-state index in [9.17, 15) is 5.11 Å². The van der Waals surface area contributed by atoms with Crippen LogP contribution in [0.2, 0.25) is 5.02 Å². The first-order chi connectivity index (χ1) is 16.9. The van der Waals surface area contributed by atoms with Crippen LogP contribution in [0.3, 0.4) is 0 Å². The molecule has 186 valence electrons. The van der Waals surface area contributed by atoms with Crippen LogP contribution in [0.1, 0.15) is 38.8 Å². The lowest BCUT2D eigenvalue weighted by Gasteiger charge is -2.42. The maximum atomic E-state index is 10.1. The molecule has 0 amide bonds. The van der Waals surface area contributed by atoms with Gasteiger partial charge in [0.1, 0.15) is 16.5 Å². The van der Waals surface area contributed by atoms with Crippen LogP contribution in [0.15, 0.2) is 28.4 Å². The molecular weight excluding hydrogens is 484 g/mol. The van der Waals surface area contributed by atoms with Gasteiger partial charge in [0.2, 0.25) is 0 Å². The Morgan fingerprint density at radius 3 is 2.66 bits per heavy atom. The van der Waals surface area contributed by atoms with Gasteiger partial charge in [-0.05, 0) is 31.7 Å². The number of halogens is 1. The summed E-state index contributed by atoms with van der Waals surface area (Å²) in [5.41, 5.74) is 0.835. The Hall–Kier alpha value is -2.12. The SMILES string of the molecule is C[C@@H]1OCC2(CCN(c3ncc(Sc4ccnc(N5CC(CC#N)C5)c4Cl)nc3CO)CC2)[C@@H]1C. The third-order valence-corrected chi connectivity index (χ3v) is 9.45. The Bertz CT molecular complexity index is 1110. The normalized spacial score (nSPS) is 24.0. The summed E-state index contributed by atoms with van der Waals surface area (Å²) in [6, 6.07) is 4.09. The number of hydrogen-bond donors (Lipinski definition) is 1. The van der Waals surface area contributed by atoms with Gasteiger partial charge in [0.25, 0.3) is 0 Å². The number of pyridine rings is 1. The van der Waals surface area contributed by atoms with Gasteiger partial charge in [-0.15, -0.1) is 0 Å². The second-order valence-electron chi connectivity index (χ2n) is 9.97. The van der Waals surface area contributed by atoms with Crippen molar-refractivity contribution in [2.45, 2.75) is 55.7 Å². The number of nitriles is 1. The van der Waals surface area contributed by atoms with E-state index >= 15 is 0 Å². The number of aliphatic hydroxyl groups is 1. The molecule has 2 aromatic heterocycles. The van der Waals surface area contributed by atoms with Gasteiger partial charge < -0.3 is 19.6 Å². The maximum absolute atomic E-state index is 10.1. The molecule has 3 aliphatic rings. The van der Waals surface area contributed by atoms with Crippen molar-refractivity contribution in [1.29, 1.82) is 5.26 Å². The van der Waals surface area contributed by atoms with Crippen LogP contribution < -0.4 is 9.80 Å². The predicted molar refractivity (Wildman–Crippen MR) is 136 cm³/mol. The van der Waals surface area contributed by atoms with Crippen LogP contribution in [-0.2, 0) is 11.3 Å². The molecule has 5 rings (SSSR count).